The Morgan fingerprint density at radius 3 is 2.88 bits per heavy atom. The summed E-state index contributed by atoms with van der Waals surface area (Å²) in [5, 5.41) is 15.9. The molecule has 1 aliphatic heterocycles. The van der Waals surface area contributed by atoms with Crippen molar-refractivity contribution in [2.75, 3.05) is 0 Å². The van der Waals surface area contributed by atoms with E-state index in [9.17, 15) is 10.1 Å². The molecular formula is C18H14BrN4O3+. The van der Waals surface area contributed by atoms with Gasteiger partial charge >= 0.3 is 5.82 Å². The lowest BCUT2D eigenvalue weighted by atomic mass is 10.1. The maximum Gasteiger partial charge on any atom is 0.304 e. The molecule has 2 aromatic carbocycles. The molecule has 0 unspecified atom stereocenters. The van der Waals surface area contributed by atoms with Gasteiger partial charge in [-0.25, -0.2) is 4.57 Å². The Morgan fingerprint density at radius 2 is 2.12 bits per heavy atom. The number of nitro groups is 1. The maximum atomic E-state index is 11.3. The first-order valence-electron chi connectivity index (χ1n) is 8.25. The highest BCUT2D eigenvalue weighted by atomic mass is 79.9. The van der Waals surface area contributed by atoms with Crippen LogP contribution >= 0.6 is 15.9 Å². The molecule has 0 spiro atoms. The van der Waals surface area contributed by atoms with E-state index < -0.39 is 0 Å². The Hall–Kier alpha value is -2.58. The van der Waals surface area contributed by atoms with E-state index in [0.717, 1.165) is 33.5 Å². The minimum Gasteiger partial charge on any atom is -0.363 e. The molecule has 26 heavy (non-hydrogen) atoms. The monoisotopic (exact) mass is 413 g/mol. The van der Waals surface area contributed by atoms with Crippen LogP contribution in [0.5, 0.6) is 0 Å². The first-order valence-corrected chi connectivity index (χ1v) is 9.04. The molecular weight excluding hydrogens is 400 g/mol. The van der Waals surface area contributed by atoms with Gasteiger partial charge in [-0.15, -0.1) is 0 Å². The number of fused-ring (bicyclic) bond motifs is 5. The maximum absolute atomic E-state index is 11.3. The molecule has 0 bridgehead atoms. The molecule has 8 heteroatoms. The first-order chi connectivity index (χ1) is 12.6. The van der Waals surface area contributed by atoms with E-state index >= 15 is 0 Å². The summed E-state index contributed by atoms with van der Waals surface area (Å²) in [6, 6.07) is 13.0. The molecule has 130 valence electrons. The summed E-state index contributed by atoms with van der Waals surface area (Å²) in [4.78, 5) is 10.9. The number of hydrogen-bond acceptors (Lipinski definition) is 4. The number of rotatable bonds is 2. The zero-order chi connectivity index (χ0) is 17.8. The molecule has 7 nitrogen and oxygen atoms in total. The topological polar surface area (TPSA) is 74.1 Å². The highest BCUT2D eigenvalue weighted by Gasteiger charge is 2.45. The SMILES string of the molecule is O=[N+]([O-])c1cc(Br)c2c(c1)[C@H]1[C@@H](C2)OCc2nn(-c3ccccc3)c[n+]21. The van der Waals surface area contributed by atoms with E-state index in [1.54, 1.807) is 12.1 Å². The fourth-order valence-electron chi connectivity index (χ4n) is 3.83. The van der Waals surface area contributed by atoms with E-state index in [1.807, 2.05) is 41.3 Å². The number of halogens is 1. The van der Waals surface area contributed by atoms with Gasteiger partial charge < -0.3 is 4.74 Å². The molecule has 3 aromatic rings. The van der Waals surface area contributed by atoms with Gasteiger partial charge in [0, 0.05) is 33.7 Å². The summed E-state index contributed by atoms with van der Waals surface area (Å²) >= 11 is 3.49. The third kappa shape index (κ3) is 2.29. The summed E-state index contributed by atoms with van der Waals surface area (Å²) in [7, 11) is 0. The quantitative estimate of drug-likeness (QED) is 0.367. The summed E-state index contributed by atoms with van der Waals surface area (Å²) in [6.07, 6.45) is 2.63. The third-order valence-electron chi connectivity index (χ3n) is 5.00. The molecule has 1 aromatic heterocycles. The van der Waals surface area contributed by atoms with Crippen molar-refractivity contribution in [2.24, 2.45) is 0 Å². The Morgan fingerprint density at radius 1 is 1.31 bits per heavy atom. The van der Waals surface area contributed by atoms with Gasteiger partial charge in [0.1, 0.15) is 24.4 Å². The molecule has 0 fully saturated rings. The standard InChI is InChI=1S/C18H14BrN4O3/c19-15-7-12(23(24)25)6-14-13(15)8-16-18(14)21-10-22(20-17(21)9-26-16)11-4-2-1-3-5-11/h1-7,10,16,18H,8-9H2/q+1/t16-,18+/m1/s1. The average molecular weight is 414 g/mol. The number of para-hydroxylation sites is 1. The van der Waals surface area contributed by atoms with Gasteiger partial charge in [-0.2, -0.15) is 0 Å². The van der Waals surface area contributed by atoms with E-state index in [0.29, 0.717) is 6.61 Å². The zero-order valence-electron chi connectivity index (χ0n) is 13.6. The van der Waals surface area contributed by atoms with Gasteiger partial charge in [0.05, 0.1) is 4.92 Å². The van der Waals surface area contributed by atoms with E-state index in [1.165, 1.54) is 0 Å². The smallest absolute Gasteiger partial charge is 0.304 e. The fraction of sp³-hybridized carbons (Fsp3) is 0.222. The van der Waals surface area contributed by atoms with Gasteiger partial charge in [-0.1, -0.05) is 38.8 Å². The minimum absolute atomic E-state index is 0.0470. The Kier molecular flexibility index (Phi) is 3.44. The Balaban J connectivity index is 1.65. The van der Waals surface area contributed by atoms with Crippen LogP contribution in [-0.4, -0.2) is 20.8 Å². The Bertz CT molecular complexity index is 1030. The van der Waals surface area contributed by atoms with Crippen LogP contribution in [0.25, 0.3) is 5.69 Å². The summed E-state index contributed by atoms with van der Waals surface area (Å²) in [5.41, 5.74) is 3.04. The molecule has 0 amide bonds. The van der Waals surface area contributed by atoms with Crippen LogP contribution in [-0.2, 0) is 17.8 Å². The predicted molar refractivity (Wildman–Crippen MR) is 95.0 cm³/mol. The van der Waals surface area contributed by atoms with Crippen LogP contribution in [0, 0.1) is 10.1 Å². The number of benzene rings is 2. The van der Waals surface area contributed by atoms with E-state index in [-0.39, 0.29) is 22.8 Å². The molecule has 2 aliphatic rings. The van der Waals surface area contributed by atoms with Gasteiger partial charge in [0.15, 0.2) is 0 Å². The van der Waals surface area contributed by atoms with E-state index in [4.69, 9.17) is 4.74 Å². The normalized spacial score (nSPS) is 20.3. The molecule has 0 saturated heterocycles. The Labute approximate surface area is 157 Å². The summed E-state index contributed by atoms with van der Waals surface area (Å²) in [5.74, 6) is 0.811. The van der Waals surface area contributed by atoms with Crippen LogP contribution in [0.4, 0.5) is 5.69 Å². The molecule has 1 aliphatic carbocycles. The number of non-ortho nitro benzene ring substituents is 1. The van der Waals surface area contributed by atoms with Crippen molar-refractivity contribution in [1.29, 1.82) is 0 Å². The minimum atomic E-state index is -0.360. The van der Waals surface area contributed by atoms with Crippen LogP contribution in [0.2, 0.25) is 0 Å². The van der Waals surface area contributed by atoms with Crippen molar-refractivity contribution in [1.82, 2.24) is 9.78 Å². The lowest BCUT2D eigenvalue weighted by Gasteiger charge is -2.23. The number of ether oxygens (including phenoxy) is 1. The van der Waals surface area contributed by atoms with Crippen molar-refractivity contribution >= 4 is 21.6 Å². The van der Waals surface area contributed by atoms with Crippen LogP contribution < -0.4 is 4.57 Å². The van der Waals surface area contributed by atoms with Crippen molar-refractivity contribution in [2.45, 2.75) is 25.2 Å². The van der Waals surface area contributed by atoms with Gasteiger partial charge in [-0.3, -0.25) is 10.1 Å². The van der Waals surface area contributed by atoms with Crippen molar-refractivity contribution in [3.63, 3.8) is 0 Å². The highest BCUT2D eigenvalue weighted by molar-refractivity contribution is 9.10. The number of nitrogens with zero attached hydrogens (tertiary/aromatic N) is 4. The second-order valence-corrected chi connectivity index (χ2v) is 7.32. The number of aromatic nitrogens is 3. The number of nitro benzene ring substituents is 1. The van der Waals surface area contributed by atoms with E-state index in [2.05, 4.69) is 25.6 Å². The third-order valence-corrected chi connectivity index (χ3v) is 5.71. The molecule has 0 saturated carbocycles. The summed E-state index contributed by atoms with van der Waals surface area (Å²) < 4.78 is 10.7. The van der Waals surface area contributed by atoms with Gasteiger partial charge in [-0.05, 0) is 17.7 Å². The van der Waals surface area contributed by atoms with Gasteiger partial charge in [0.25, 0.3) is 5.69 Å². The molecule has 2 heterocycles. The predicted octanol–water partition coefficient (Wildman–Crippen LogP) is 2.87. The molecule has 0 radical (unpaired) electrons. The molecule has 5 rings (SSSR count). The van der Waals surface area contributed by atoms with Crippen LogP contribution in [0.1, 0.15) is 23.0 Å². The molecule has 0 N–H and O–H groups in total. The molecule has 2 atom stereocenters. The fourth-order valence-corrected chi connectivity index (χ4v) is 4.45. The van der Waals surface area contributed by atoms with Crippen molar-refractivity contribution in [3.05, 3.63) is 80.3 Å². The average Bonchev–Trinajstić information content (AvgIpc) is 3.23. The van der Waals surface area contributed by atoms with Gasteiger partial charge in [0.2, 0.25) is 6.33 Å². The second-order valence-electron chi connectivity index (χ2n) is 6.47. The van der Waals surface area contributed by atoms with Crippen LogP contribution in [0.3, 0.4) is 0 Å². The van der Waals surface area contributed by atoms with Crippen LogP contribution in [0.15, 0.2) is 53.3 Å². The number of hydrogen-bond donors (Lipinski definition) is 0. The summed E-state index contributed by atoms with van der Waals surface area (Å²) in [6.45, 7) is 0.425. The van der Waals surface area contributed by atoms with Crippen molar-refractivity contribution < 1.29 is 14.2 Å². The zero-order valence-corrected chi connectivity index (χ0v) is 15.2. The second kappa shape index (κ2) is 5.72. The largest absolute Gasteiger partial charge is 0.363 e. The first kappa shape index (κ1) is 15.7. The highest BCUT2D eigenvalue weighted by Crippen LogP contribution is 2.41. The lowest BCUT2D eigenvalue weighted by molar-refractivity contribution is -0.739. The lowest BCUT2D eigenvalue weighted by Crippen LogP contribution is -2.51. The van der Waals surface area contributed by atoms with Crippen molar-refractivity contribution in [3.8, 4) is 5.69 Å².